The Morgan fingerprint density at radius 3 is 2.48 bits per heavy atom. The molecule has 0 radical (unpaired) electrons. The number of carbonyl (C=O) groups excluding carboxylic acids is 1. The number of benzene rings is 2. The molecule has 3 N–H and O–H groups in total. The zero-order chi connectivity index (χ0) is 19.3. The second-order valence-corrected chi connectivity index (χ2v) is 8.03. The van der Waals surface area contributed by atoms with Gasteiger partial charge in [0.1, 0.15) is 5.54 Å². The number of hydrogen-bond donors (Lipinski definition) is 2. The number of nitrogens with one attached hydrogen (secondary N) is 1. The van der Waals surface area contributed by atoms with Crippen molar-refractivity contribution in [2.24, 2.45) is 11.7 Å². The molecular weight excluding hydrogens is 334 g/mol. The fraction of sp³-hybridized carbons (Fsp3) is 0.435. The lowest BCUT2D eigenvalue weighted by Crippen LogP contribution is -2.48. The van der Waals surface area contributed by atoms with Gasteiger partial charge in [-0.25, -0.2) is 0 Å². The lowest BCUT2D eigenvalue weighted by Gasteiger charge is -2.30. The normalized spacial score (nSPS) is 18.0. The zero-order valence-corrected chi connectivity index (χ0v) is 16.4. The van der Waals surface area contributed by atoms with E-state index in [1.54, 1.807) is 6.92 Å². The molecule has 1 unspecified atom stereocenters. The Morgan fingerprint density at radius 1 is 1.11 bits per heavy atom. The molecule has 0 spiro atoms. The number of hydrogen-bond acceptors (Lipinski definition) is 3. The molecule has 2 aromatic carbocycles. The van der Waals surface area contributed by atoms with Crippen LogP contribution < -0.4 is 11.1 Å². The van der Waals surface area contributed by atoms with Crippen molar-refractivity contribution in [1.82, 2.24) is 10.2 Å². The second kappa shape index (κ2) is 8.68. The maximum Gasteiger partial charge on any atom is 0.244 e. The van der Waals surface area contributed by atoms with E-state index in [-0.39, 0.29) is 5.91 Å². The molecule has 1 atom stereocenters. The van der Waals surface area contributed by atoms with E-state index in [1.807, 2.05) is 30.3 Å². The Labute approximate surface area is 162 Å². The summed E-state index contributed by atoms with van der Waals surface area (Å²) in [5.41, 5.74) is 8.48. The number of nitrogens with zero attached hydrogens (tertiary/aromatic N) is 1. The van der Waals surface area contributed by atoms with E-state index in [2.05, 4.69) is 41.4 Å². The van der Waals surface area contributed by atoms with Gasteiger partial charge in [0.25, 0.3) is 0 Å². The highest BCUT2D eigenvalue weighted by molar-refractivity contribution is 5.86. The average Bonchev–Trinajstić information content (AvgIpc) is 2.69. The first kappa shape index (κ1) is 19.6. The van der Waals surface area contributed by atoms with Crippen LogP contribution in [0.1, 0.15) is 43.4 Å². The SMILES string of the molecule is CC1CCN(Cc2cccc(CNC(=O)C(C)(N)c3ccccc3)c2)CC1. The molecule has 0 aliphatic carbocycles. The number of likely N-dealkylation sites (tertiary alicyclic amines) is 1. The highest BCUT2D eigenvalue weighted by atomic mass is 16.2. The molecule has 0 aromatic heterocycles. The molecule has 4 heteroatoms. The van der Waals surface area contributed by atoms with Gasteiger partial charge in [0.05, 0.1) is 0 Å². The summed E-state index contributed by atoms with van der Waals surface area (Å²) in [4.78, 5) is 15.1. The van der Waals surface area contributed by atoms with Gasteiger partial charge in [0.2, 0.25) is 5.91 Å². The minimum Gasteiger partial charge on any atom is -0.350 e. The topological polar surface area (TPSA) is 58.4 Å². The van der Waals surface area contributed by atoms with E-state index in [4.69, 9.17) is 5.73 Å². The molecule has 2 aromatic rings. The molecule has 144 valence electrons. The summed E-state index contributed by atoms with van der Waals surface area (Å²) in [7, 11) is 0. The van der Waals surface area contributed by atoms with Crippen LogP contribution in [0.2, 0.25) is 0 Å². The van der Waals surface area contributed by atoms with Crippen LogP contribution in [-0.4, -0.2) is 23.9 Å². The van der Waals surface area contributed by atoms with Crippen LogP contribution in [0, 0.1) is 5.92 Å². The van der Waals surface area contributed by atoms with E-state index >= 15 is 0 Å². The molecular formula is C23H31N3O. The Morgan fingerprint density at radius 2 is 1.78 bits per heavy atom. The van der Waals surface area contributed by atoms with Crippen molar-refractivity contribution >= 4 is 5.91 Å². The highest BCUT2D eigenvalue weighted by Gasteiger charge is 2.29. The van der Waals surface area contributed by atoms with Crippen molar-refractivity contribution in [3.63, 3.8) is 0 Å². The summed E-state index contributed by atoms with van der Waals surface area (Å²) in [5.74, 6) is 0.683. The van der Waals surface area contributed by atoms with E-state index in [0.29, 0.717) is 6.54 Å². The minimum atomic E-state index is -1.04. The van der Waals surface area contributed by atoms with Crippen LogP contribution in [0.4, 0.5) is 0 Å². The molecule has 1 amide bonds. The van der Waals surface area contributed by atoms with Crippen molar-refractivity contribution in [2.75, 3.05) is 13.1 Å². The van der Waals surface area contributed by atoms with Crippen LogP contribution >= 0.6 is 0 Å². The number of amides is 1. The van der Waals surface area contributed by atoms with E-state index in [1.165, 1.54) is 31.5 Å². The van der Waals surface area contributed by atoms with Gasteiger partial charge >= 0.3 is 0 Å². The molecule has 1 aliphatic rings. The average molecular weight is 366 g/mol. The smallest absolute Gasteiger partial charge is 0.244 e. The van der Waals surface area contributed by atoms with E-state index in [0.717, 1.165) is 23.6 Å². The molecule has 3 rings (SSSR count). The molecule has 1 aliphatic heterocycles. The van der Waals surface area contributed by atoms with Gasteiger partial charge in [-0.2, -0.15) is 0 Å². The quantitative estimate of drug-likeness (QED) is 0.825. The fourth-order valence-corrected chi connectivity index (χ4v) is 3.60. The third kappa shape index (κ3) is 5.18. The lowest BCUT2D eigenvalue weighted by atomic mass is 9.92. The van der Waals surface area contributed by atoms with Crippen LogP contribution in [0.15, 0.2) is 54.6 Å². The Kier molecular flexibility index (Phi) is 6.30. The van der Waals surface area contributed by atoms with Crippen molar-refractivity contribution in [2.45, 2.75) is 45.3 Å². The van der Waals surface area contributed by atoms with E-state index in [9.17, 15) is 4.79 Å². The van der Waals surface area contributed by atoms with Gasteiger partial charge in [-0.1, -0.05) is 61.5 Å². The van der Waals surface area contributed by atoms with Gasteiger partial charge in [0, 0.05) is 13.1 Å². The standard InChI is InChI=1S/C23H31N3O/c1-18-11-13-26(14-12-18)17-20-8-6-7-19(15-20)16-25-22(27)23(2,24)21-9-4-3-5-10-21/h3-10,15,18H,11-14,16-17,24H2,1-2H3,(H,25,27). The molecule has 0 saturated carbocycles. The number of rotatable bonds is 6. The van der Waals surface area contributed by atoms with Crippen LogP contribution in [0.25, 0.3) is 0 Å². The first-order valence-electron chi connectivity index (χ1n) is 9.88. The largest absolute Gasteiger partial charge is 0.350 e. The molecule has 1 saturated heterocycles. The van der Waals surface area contributed by atoms with Crippen LogP contribution in [0.3, 0.4) is 0 Å². The van der Waals surface area contributed by atoms with Crippen molar-refractivity contribution in [3.8, 4) is 0 Å². The van der Waals surface area contributed by atoms with Gasteiger partial charge < -0.3 is 11.1 Å². The Hall–Kier alpha value is -2.17. The Balaban J connectivity index is 1.57. The third-order valence-electron chi connectivity index (χ3n) is 5.57. The third-order valence-corrected chi connectivity index (χ3v) is 5.57. The van der Waals surface area contributed by atoms with Crippen LogP contribution in [-0.2, 0) is 23.4 Å². The summed E-state index contributed by atoms with van der Waals surface area (Å²) >= 11 is 0. The minimum absolute atomic E-state index is 0.163. The van der Waals surface area contributed by atoms with Gasteiger partial charge in [-0.05, 0) is 55.5 Å². The fourth-order valence-electron chi connectivity index (χ4n) is 3.60. The molecule has 27 heavy (non-hydrogen) atoms. The molecule has 4 nitrogen and oxygen atoms in total. The maximum absolute atomic E-state index is 12.6. The molecule has 1 heterocycles. The zero-order valence-electron chi connectivity index (χ0n) is 16.4. The first-order valence-corrected chi connectivity index (χ1v) is 9.88. The summed E-state index contributed by atoms with van der Waals surface area (Å²) in [5, 5.41) is 3.00. The summed E-state index contributed by atoms with van der Waals surface area (Å²) < 4.78 is 0. The second-order valence-electron chi connectivity index (χ2n) is 8.03. The van der Waals surface area contributed by atoms with Gasteiger partial charge in [0.15, 0.2) is 0 Å². The van der Waals surface area contributed by atoms with E-state index < -0.39 is 5.54 Å². The van der Waals surface area contributed by atoms with Gasteiger partial charge in [-0.3, -0.25) is 9.69 Å². The molecule has 0 bridgehead atoms. The number of nitrogens with two attached hydrogens (primary N) is 1. The first-order chi connectivity index (χ1) is 12.9. The number of piperidine rings is 1. The molecule has 1 fully saturated rings. The summed E-state index contributed by atoms with van der Waals surface area (Å²) in [6, 6.07) is 18.0. The predicted octanol–water partition coefficient (Wildman–Crippen LogP) is 3.41. The predicted molar refractivity (Wildman–Crippen MR) is 110 cm³/mol. The summed E-state index contributed by atoms with van der Waals surface area (Å²) in [6.07, 6.45) is 2.56. The van der Waals surface area contributed by atoms with Crippen LogP contribution in [0.5, 0.6) is 0 Å². The highest BCUT2D eigenvalue weighted by Crippen LogP contribution is 2.19. The maximum atomic E-state index is 12.6. The lowest BCUT2D eigenvalue weighted by molar-refractivity contribution is -0.126. The van der Waals surface area contributed by atoms with Gasteiger partial charge in [-0.15, -0.1) is 0 Å². The Bertz CT molecular complexity index is 749. The monoisotopic (exact) mass is 365 g/mol. The summed E-state index contributed by atoms with van der Waals surface area (Å²) in [6.45, 7) is 7.90. The van der Waals surface area contributed by atoms with Crippen molar-refractivity contribution in [1.29, 1.82) is 0 Å². The van der Waals surface area contributed by atoms with Crippen molar-refractivity contribution < 1.29 is 4.79 Å². The number of carbonyl (C=O) groups is 1. The van der Waals surface area contributed by atoms with Crippen molar-refractivity contribution in [3.05, 3.63) is 71.3 Å².